The number of benzene rings is 1. The second kappa shape index (κ2) is 11.2. The van der Waals surface area contributed by atoms with Gasteiger partial charge in [-0.05, 0) is 44.9 Å². The highest BCUT2D eigenvalue weighted by atomic mass is 127. The molecular formula is C24H27ClFIN6O3. The number of amides is 1. The predicted molar refractivity (Wildman–Crippen MR) is 148 cm³/mol. The summed E-state index contributed by atoms with van der Waals surface area (Å²) in [7, 11) is 1.46. The lowest BCUT2D eigenvalue weighted by atomic mass is 10.1. The predicted octanol–water partition coefficient (Wildman–Crippen LogP) is 4.44. The molecule has 192 valence electrons. The van der Waals surface area contributed by atoms with E-state index in [1.165, 1.54) is 23.9 Å². The Labute approximate surface area is 226 Å². The molecule has 0 saturated carbocycles. The summed E-state index contributed by atoms with van der Waals surface area (Å²) >= 11 is 8.79. The average molecular weight is 629 g/mol. The summed E-state index contributed by atoms with van der Waals surface area (Å²) in [5, 5.41) is 5.83. The van der Waals surface area contributed by atoms with Gasteiger partial charge in [0.25, 0.3) is 11.5 Å². The van der Waals surface area contributed by atoms with Crippen molar-refractivity contribution in [3.05, 3.63) is 45.6 Å². The van der Waals surface area contributed by atoms with Gasteiger partial charge < -0.3 is 24.8 Å². The Balaban J connectivity index is 1.72. The van der Waals surface area contributed by atoms with E-state index in [1.807, 2.05) is 13.8 Å². The van der Waals surface area contributed by atoms with Crippen molar-refractivity contribution in [2.75, 3.05) is 37.0 Å². The number of likely N-dealkylation sites (N-methyl/N-ethyl adjacent to an activating group) is 1. The number of alkyl halides is 1. The van der Waals surface area contributed by atoms with Crippen LogP contribution in [-0.4, -0.2) is 51.1 Å². The van der Waals surface area contributed by atoms with E-state index in [9.17, 15) is 9.59 Å². The zero-order valence-corrected chi connectivity index (χ0v) is 23.1. The standard InChI is InChI=1S/C24H27ClFIN6O3/c1-13(2)33-18-5-4-17(21(26)15(18)10-19(23(33)35)36-12-20(34)28-3)30-22-16(25)11-29-24(31-22)32-8-6-14(27)7-9-32/h4-5,10-11,13-14H,6-9,12H2,1-3H3,(H,28,34)(H,29,30,31). The van der Waals surface area contributed by atoms with Crippen molar-refractivity contribution >= 4 is 68.5 Å². The summed E-state index contributed by atoms with van der Waals surface area (Å²) in [5.41, 5.74) is 0.0907. The Morgan fingerprint density at radius 1 is 1.33 bits per heavy atom. The van der Waals surface area contributed by atoms with E-state index in [0.29, 0.717) is 15.4 Å². The second-order valence-electron chi connectivity index (χ2n) is 8.75. The molecule has 0 aliphatic carbocycles. The quantitative estimate of drug-likeness (QED) is 0.295. The fourth-order valence-corrected chi connectivity index (χ4v) is 4.75. The van der Waals surface area contributed by atoms with Crippen LogP contribution in [0.4, 0.5) is 21.8 Å². The van der Waals surface area contributed by atoms with E-state index in [0.717, 1.165) is 25.9 Å². The fraction of sp³-hybridized carbons (Fsp3) is 0.417. The van der Waals surface area contributed by atoms with Gasteiger partial charge in [0, 0.05) is 35.5 Å². The smallest absolute Gasteiger partial charge is 0.293 e. The number of pyridine rings is 1. The molecule has 2 aromatic heterocycles. The minimum Gasteiger partial charge on any atom is -0.478 e. The minimum atomic E-state index is -0.603. The Bertz CT molecular complexity index is 1340. The van der Waals surface area contributed by atoms with Crippen LogP contribution in [0.2, 0.25) is 5.02 Å². The topological polar surface area (TPSA) is 101 Å². The van der Waals surface area contributed by atoms with Crippen LogP contribution < -0.4 is 25.8 Å². The first kappa shape index (κ1) is 26.4. The molecule has 1 saturated heterocycles. The SMILES string of the molecule is CNC(=O)COc1cc2c(F)c(Nc3nc(N4CCC(I)CC4)ncc3Cl)ccc2n(C(C)C)c1=O. The number of aromatic nitrogens is 3. The van der Waals surface area contributed by atoms with Crippen LogP contribution in [0.3, 0.4) is 0 Å². The summed E-state index contributed by atoms with van der Waals surface area (Å²) in [6.45, 7) is 4.95. The molecule has 0 atom stereocenters. The van der Waals surface area contributed by atoms with E-state index < -0.39 is 17.3 Å². The number of nitrogens with one attached hydrogen (secondary N) is 2. The van der Waals surface area contributed by atoms with Crippen molar-refractivity contribution in [2.24, 2.45) is 0 Å². The van der Waals surface area contributed by atoms with Crippen molar-refractivity contribution in [3.63, 3.8) is 0 Å². The number of piperidine rings is 1. The van der Waals surface area contributed by atoms with Crippen LogP contribution in [0.15, 0.2) is 29.2 Å². The van der Waals surface area contributed by atoms with E-state index in [-0.39, 0.29) is 40.3 Å². The molecule has 0 unspecified atom stereocenters. The van der Waals surface area contributed by atoms with Crippen molar-refractivity contribution in [1.29, 1.82) is 0 Å². The van der Waals surface area contributed by atoms with E-state index in [2.05, 4.69) is 48.1 Å². The lowest BCUT2D eigenvalue weighted by Gasteiger charge is -2.29. The van der Waals surface area contributed by atoms with E-state index in [1.54, 1.807) is 12.1 Å². The van der Waals surface area contributed by atoms with E-state index in [4.69, 9.17) is 16.3 Å². The third kappa shape index (κ3) is 5.51. The molecular weight excluding hydrogens is 602 g/mol. The number of hydrogen-bond acceptors (Lipinski definition) is 7. The third-order valence-electron chi connectivity index (χ3n) is 5.97. The highest BCUT2D eigenvalue weighted by Crippen LogP contribution is 2.32. The Morgan fingerprint density at radius 3 is 2.72 bits per heavy atom. The first-order chi connectivity index (χ1) is 17.2. The zero-order valence-electron chi connectivity index (χ0n) is 20.1. The van der Waals surface area contributed by atoms with Crippen molar-refractivity contribution in [2.45, 2.75) is 36.7 Å². The molecule has 1 amide bonds. The van der Waals surface area contributed by atoms with Gasteiger partial charge in [-0.2, -0.15) is 4.98 Å². The first-order valence-corrected chi connectivity index (χ1v) is 13.2. The molecule has 9 nitrogen and oxygen atoms in total. The Morgan fingerprint density at radius 2 is 2.06 bits per heavy atom. The monoisotopic (exact) mass is 628 g/mol. The molecule has 1 fully saturated rings. The van der Waals surface area contributed by atoms with Gasteiger partial charge in [-0.25, -0.2) is 9.37 Å². The molecule has 2 N–H and O–H groups in total. The lowest BCUT2D eigenvalue weighted by molar-refractivity contribution is -0.122. The summed E-state index contributed by atoms with van der Waals surface area (Å²) in [6, 6.07) is 4.25. The summed E-state index contributed by atoms with van der Waals surface area (Å²) in [5.74, 6) is -0.307. The number of carbonyl (C=O) groups is 1. The lowest BCUT2D eigenvalue weighted by Crippen LogP contribution is -2.35. The van der Waals surface area contributed by atoms with Gasteiger partial charge in [-0.1, -0.05) is 34.2 Å². The maximum Gasteiger partial charge on any atom is 0.293 e. The Hall–Kier alpha value is -2.67. The van der Waals surface area contributed by atoms with Crippen LogP contribution in [0, 0.1) is 5.82 Å². The molecule has 12 heteroatoms. The number of anilines is 3. The van der Waals surface area contributed by atoms with Crippen molar-refractivity contribution in [1.82, 2.24) is 19.9 Å². The molecule has 1 aromatic carbocycles. The number of halogens is 3. The van der Waals surface area contributed by atoms with Crippen molar-refractivity contribution < 1.29 is 13.9 Å². The van der Waals surface area contributed by atoms with Crippen LogP contribution in [0.25, 0.3) is 10.9 Å². The molecule has 0 spiro atoms. The minimum absolute atomic E-state index is 0.114. The summed E-state index contributed by atoms with van der Waals surface area (Å²) in [4.78, 5) is 35.6. The van der Waals surface area contributed by atoms with Crippen LogP contribution in [0.1, 0.15) is 32.7 Å². The van der Waals surface area contributed by atoms with Gasteiger partial charge in [0.05, 0.1) is 17.4 Å². The summed E-state index contributed by atoms with van der Waals surface area (Å²) < 4.78 is 23.3. The fourth-order valence-electron chi connectivity index (χ4n) is 4.05. The van der Waals surface area contributed by atoms with Crippen LogP contribution in [0.5, 0.6) is 5.75 Å². The van der Waals surface area contributed by atoms with Gasteiger partial charge in [-0.15, -0.1) is 0 Å². The number of fused-ring (bicyclic) bond motifs is 1. The number of carbonyl (C=O) groups excluding carboxylic acids is 1. The molecule has 0 radical (unpaired) electrons. The average Bonchev–Trinajstić information content (AvgIpc) is 2.86. The highest BCUT2D eigenvalue weighted by molar-refractivity contribution is 14.1. The second-order valence-corrected chi connectivity index (χ2v) is 10.9. The van der Waals surface area contributed by atoms with Crippen LogP contribution in [-0.2, 0) is 4.79 Å². The normalized spacial score (nSPS) is 14.4. The first-order valence-electron chi connectivity index (χ1n) is 11.6. The van der Waals surface area contributed by atoms with E-state index >= 15 is 4.39 Å². The molecule has 3 aromatic rings. The van der Waals surface area contributed by atoms with Gasteiger partial charge in [0.1, 0.15) is 5.02 Å². The van der Waals surface area contributed by atoms with Crippen molar-refractivity contribution in [3.8, 4) is 5.75 Å². The maximum atomic E-state index is 15.8. The summed E-state index contributed by atoms with van der Waals surface area (Å²) in [6.07, 6.45) is 3.58. The Kier molecular flexibility index (Phi) is 8.18. The number of hydrogen-bond donors (Lipinski definition) is 2. The molecule has 36 heavy (non-hydrogen) atoms. The number of nitrogens with zero attached hydrogens (tertiary/aromatic N) is 4. The maximum absolute atomic E-state index is 15.8. The van der Waals surface area contributed by atoms with Gasteiger partial charge in [0.15, 0.2) is 24.0 Å². The van der Waals surface area contributed by atoms with Gasteiger partial charge >= 0.3 is 0 Å². The third-order valence-corrected chi connectivity index (χ3v) is 7.49. The molecule has 1 aliphatic rings. The highest BCUT2D eigenvalue weighted by Gasteiger charge is 2.21. The molecule has 0 bridgehead atoms. The molecule has 4 rings (SSSR count). The van der Waals surface area contributed by atoms with Gasteiger partial charge in [0.2, 0.25) is 5.95 Å². The largest absolute Gasteiger partial charge is 0.478 e. The number of rotatable bonds is 7. The van der Waals surface area contributed by atoms with Crippen LogP contribution >= 0.6 is 34.2 Å². The molecule has 3 heterocycles. The van der Waals surface area contributed by atoms with Gasteiger partial charge in [-0.3, -0.25) is 9.59 Å². The number of ether oxygens (including phenoxy) is 1. The zero-order chi connectivity index (χ0) is 26.0. The molecule has 1 aliphatic heterocycles.